The van der Waals surface area contributed by atoms with Gasteiger partial charge in [0.2, 0.25) is 8.46 Å². The van der Waals surface area contributed by atoms with Crippen molar-refractivity contribution in [2.75, 3.05) is 13.2 Å². The molecule has 6 heteroatoms. The Labute approximate surface area is 125 Å². The molecule has 0 fully saturated rings. The summed E-state index contributed by atoms with van der Waals surface area (Å²) in [7, 11) is -0.529. The summed E-state index contributed by atoms with van der Waals surface area (Å²) in [5.41, 5.74) is 1.70. The fourth-order valence-electron chi connectivity index (χ4n) is 1.81. The Bertz CT molecular complexity index is 569. The molecule has 0 N–H and O–H groups in total. The fourth-order valence-corrected chi connectivity index (χ4v) is 2.25. The lowest BCUT2D eigenvalue weighted by Gasteiger charge is -2.11. The van der Waals surface area contributed by atoms with E-state index in [9.17, 15) is 14.2 Å². The third-order valence-corrected chi connectivity index (χ3v) is 3.13. The van der Waals surface area contributed by atoms with Gasteiger partial charge in [-0.2, -0.15) is 0 Å². The maximum Gasteiger partial charge on any atom is 0.333 e. The standard InChI is InChI=1S/C15H17O5P/c1-9(2)14(16)20-6-5-19-12-7-10(3)13(11(4)8-12)15(17)21-18/h7-8H,1,5-6H2,2-4H3. The van der Waals surface area contributed by atoms with Gasteiger partial charge in [-0.05, 0) is 44.0 Å². The fraction of sp³-hybridized carbons (Fsp3) is 0.333. The lowest BCUT2D eigenvalue weighted by Crippen LogP contribution is -2.12. The summed E-state index contributed by atoms with van der Waals surface area (Å²) in [6, 6.07) is 3.37. The number of carbonyl (C=O) groups excluding carboxylic acids is 2. The summed E-state index contributed by atoms with van der Waals surface area (Å²) >= 11 is 0. The van der Waals surface area contributed by atoms with Crippen molar-refractivity contribution >= 4 is 20.0 Å². The molecule has 1 rings (SSSR count). The Morgan fingerprint density at radius 2 is 1.76 bits per heavy atom. The zero-order chi connectivity index (χ0) is 16.0. The number of esters is 1. The van der Waals surface area contributed by atoms with Crippen molar-refractivity contribution in [3.05, 3.63) is 41.0 Å². The first-order valence-electron chi connectivity index (χ1n) is 6.31. The molecule has 0 atom stereocenters. The van der Waals surface area contributed by atoms with Crippen LogP contribution in [0.2, 0.25) is 0 Å². The van der Waals surface area contributed by atoms with Gasteiger partial charge in [0, 0.05) is 11.1 Å². The van der Waals surface area contributed by atoms with Gasteiger partial charge in [0.05, 0.1) is 0 Å². The molecule has 112 valence electrons. The third-order valence-electron chi connectivity index (χ3n) is 2.74. The van der Waals surface area contributed by atoms with Gasteiger partial charge < -0.3 is 9.47 Å². The molecule has 0 aliphatic heterocycles. The van der Waals surface area contributed by atoms with Crippen molar-refractivity contribution < 1.29 is 23.6 Å². The molecule has 0 bridgehead atoms. The molecule has 0 unspecified atom stereocenters. The van der Waals surface area contributed by atoms with E-state index < -0.39 is 20.0 Å². The molecule has 0 spiro atoms. The number of hydrogen-bond donors (Lipinski definition) is 0. The Morgan fingerprint density at radius 3 is 2.24 bits per heavy atom. The number of hydrogen-bond acceptors (Lipinski definition) is 5. The predicted molar refractivity (Wildman–Crippen MR) is 79.1 cm³/mol. The molecule has 0 radical (unpaired) electrons. The van der Waals surface area contributed by atoms with Crippen LogP contribution in [-0.4, -0.2) is 24.7 Å². The number of ether oxygens (including phenoxy) is 2. The molecule has 0 amide bonds. The van der Waals surface area contributed by atoms with Gasteiger partial charge in [-0.3, -0.25) is 9.36 Å². The molecule has 0 saturated heterocycles. The third kappa shape index (κ3) is 4.80. The summed E-state index contributed by atoms with van der Waals surface area (Å²) in [4.78, 5) is 22.7. The lowest BCUT2D eigenvalue weighted by molar-refractivity contribution is -0.139. The molecule has 0 heterocycles. The van der Waals surface area contributed by atoms with Gasteiger partial charge in [0.1, 0.15) is 19.0 Å². The highest BCUT2D eigenvalue weighted by Gasteiger charge is 2.14. The van der Waals surface area contributed by atoms with Gasteiger partial charge in [0.15, 0.2) is 0 Å². The summed E-state index contributed by atoms with van der Waals surface area (Å²) in [6.07, 6.45) is 0. The number of carbonyl (C=O) groups is 2. The van der Waals surface area contributed by atoms with E-state index in [-0.39, 0.29) is 13.2 Å². The molecule has 0 saturated carbocycles. The molecule has 21 heavy (non-hydrogen) atoms. The molecule has 0 aromatic heterocycles. The quantitative estimate of drug-likeness (QED) is 0.335. The van der Waals surface area contributed by atoms with E-state index in [1.165, 1.54) is 0 Å². The second kappa shape index (κ2) is 7.70. The van der Waals surface area contributed by atoms with Gasteiger partial charge in [-0.1, -0.05) is 6.58 Å². The van der Waals surface area contributed by atoms with Gasteiger partial charge in [-0.15, -0.1) is 0 Å². The molecule has 0 aliphatic rings. The lowest BCUT2D eigenvalue weighted by atomic mass is 10.0. The first-order chi connectivity index (χ1) is 9.86. The van der Waals surface area contributed by atoms with E-state index in [2.05, 4.69) is 6.58 Å². The molecular formula is C15H17O5P. The van der Waals surface area contributed by atoms with Crippen molar-refractivity contribution in [1.82, 2.24) is 0 Å². The second-order valence-corrected chi connectivity index (χ2v) is 5.18. The van der Waals surface area contributed by atoms with Crippen molar-refractivity contribution in [1.29, 1.82) is 0 Å². The van der Waals surface area contributed by atoms with Crippen LogP contribution in [0.3, 0.4) is 0 Å². The Hall–Kier alpha value is -2.00. The van der Waals surface area contributed by atoms with Crippen LogP contribution in [0, 0.1) is 13.8 Å². The molecular weight excluding hydrogens is 291 g/mol. The molecule has 1 aromatic carbocycles. The highest BCUT2D eigenvalue weighted by atomic mass is 31.1. The van der Waals surface area contributed by atoms with Crippen LogP contribution in [0.4, 0.5) is 0 Å². The highest BCUT2D eigenvalue weighted by Crippen LogP contribution is 2.24. The largest absolute Gasteiger partial charge is 0.490 e. The van der Waals surface area contributed by atoms with Crippen LogP contribution in [0.5, 0.6) is 5.75 Å². The monoisotopic (exact) mass is 308 g/mol. The highest BCUT2D eigenvalue weighted by molar-refractivity contribution is 7.47. The average Bonchev–Trinajstić information content (AvgIpc) is 2.42. The van der Waals surface area contributed by atoms with Crippen molar-refractivity contribution in [3.8, 4) is 5.75 Å². The van der Waals surface area contributed by atoms with E-state index in [1.54, 1.807) is 32.9 Å². The van der Waals surface area contributed by atoms with E-state index >= 15 is 0 Å². The Kier molecular flexibility index (Phi) is 6.25. The maximum absolute atomic E-state index is 11.5. The summed E-state index contributed by atoms with van der Waals surface area (Å²) in [5.74, 6) is 0.108. The number of rotatable bonds is 7. The molecule has 0 aliphatic carbocycles. The summed E-state index contributed by atoms with van der Waals surface area (Å²) in [6.45, 7) is 8.86. The zero-order valence-corrected chi connectivity index (χ0v) is 13.2. The van der Waals surface area contributed by atoms with Crippen molar-refractivity contribution in [3.63, 3.8) is 0 Å². The van der Waals surface area contributed by atoms with Crippen LogP contribution in [-0.2, 0) is 14.1 Å². The van der Waals surface area contributed by atoms with Crippen molar-refractivity contribution in [2.24, 2.45) is 0 Å². The molecule has 1 aromatic rings. The van der Waals surface area contributed by atoms with E-state index in [0.717, 1.165) is 0 Å². The van der Waals surface area contributed by atoms with Crippen LogP contribution in [0.25, 0.3) is 0 Å². The minimum atomic E-state index is -0.529. The smallest absolute Gasteiger partial charge is 0.333 e. The van der Waals surface area contributed by atoms with Crippen LogP contribution < -0.4 is 4.74 Å². The summed E-state index contributed by atoms with van der Waals surface area (Å²) < 4.78 is 21.1. The number of benzene rings is 1. The van der Waals surface area contributed by atoms with E-state index in [4.69, 9.17) is 9.47 Å². The first-order valence-corrected chi connectivity index (χ1v) is 7.12. The minimum Gasteiger partial charge on any atom is -0.490 e. The first kappa shape index (κ1) is 17.1. The topological polar surface area (TPSA) is 69.7 Å². The predicted octanol–water partition coefficient (Wildman–Crippen LogP) is 3.23. The van der Waals surface area contributed by atoms with Crippen molar-refractivity contribution in [2.45, 2.75) is 20.8 Å². The molecule has 5 nitrogen and oxygen atoms in total. The van der Waals surface area contributed by atoms with E-state index in [0.29, 0.717) is 28.0 Å². The minimum absolute atomic E-state index is 0.115. The average molecular weight is 308 g/mol. The van der Waals surface area contributed by atoms with E-state index in [1.807, 2.05) is 0 Å². The SMILES string of the molecule is C=C(C)C(=O)OCCOc1cc(C)c(C(=O)P=O)c(C)c1. The number of aryl methyl sites for hydroxylation is 2. The van der Waals surface area contributed by atoms with Gasteiger partial charge in [-0.25, -0.2) is 4.79 Å². The van der Waals surface area contributed by atoms with Crippen LogP contribution in [0.1, 0.15) is 28.4 Å². The van der Waals surface area contributed by atoms with Crippen LogP contribution in [0.15, 0.2) is 24.3 Å². The second-order valence-electron chi connectivity index (χ2n) is 4.59. The van der Waals surface area contributed by atoms with Gasteiger partial charge in [0.25, 0.3) is 5.52 Å². The Balaban J connectivity index is 2.66. The maximum atomic E-state index is 11.5. The Morgan fingerprint density at radius 1 is 1.19 bits per heavy atom. The zero-order valence-electron chi connectivity index (χ0n) is 12.3. The van der Waals surface area contributed by atoms with Gasteiger partial charge >= 0.3 is 5.97 Å². The van der Waals surface area contributed by atoms with Crippen LogP contribution >= 0.6 is 8.46 Å². The normalized spacial score (nSPS) is 10.2. The summed E-state index contributed by atoms with van der Waals surface area (Å²) in [5, 5.41) is 0.